The standard InChI is InChI=1S/C19H23N7O2/c1-28-11-9-21-13-15(12-20)24-17-6-7-22-18(25-17)14-2-4-16(5-3-14)26-10-8-23-19(26)27/h2-7,12-13,20-21H,8-11H2,1H3,(H,23,27)(H,22,24,25)/b15-13+,20-12?. The highest BCUT2D eigenvalue weighted by Crippen LogP contribution is 2.22. The van der Waals surface area contributed by atoms with Gasteiger partial charge in [0.25, 0.3) is 0 Å². The number of carbonyl (C=O) groups is 1. The maximum absolute atomic E-state index is 11.8. The lowest BCUT2D eigenvalue weighted by molar-refractivity contribution is 0.203. The predicted octanol–water partition coefficient (Wildman–Crippen LogP) is 1.81. The maximum Gasteiger partial charge on any atom is 0.321 e. The average molecular weight is 381 g/mol. The minimum absolute atomic E-state index is 0.0831. The van der Waals surface area contributed by atoms with E-state index in [9.17, 15) is 4.79 Å². The minimum Gasteiger partial charge on any atom is -0.387 e. The summed E-state index contributed by atoms with van der Waals surface area (Å²) in [6.07, 6.45) is 4.56. The van der Waals surface area contributed by atoms with Crippen molar-refractivity contribution >= 4 is 23.8 Å². The number of anilines is 2. The third-order valence-electron chi connectivity index (χ3n) is 4.09. The number of ether oxygens (including phenoxy) is 1. The van der Waals surface area contributed by atoms with Gasteiger partial charge in [-0.15, -0.1) is 0 Å². The molecule has 28 heavy (non-hydrogen) atoms. The second-order valence-corrected chi connectivity index (χ2v) is 6.01. The summed E-state index contributed by atoms with van der Waals surface area (Å²) in [6.45, 7) is 2.53. The summed E-state index contributed by atoms with van der Waals surface area (Å²) in [5.74, 6) is 1.13. The quantitative estimate of drug-likeness (QED) is 0.389. The zero-order chi connectivity index (χ0) is 19.8. The average Bonchev–Trinajstić information content (AvgIpc) is 3.16. The van der Waals surface area contributed by atoms with E-state index in [1.54, 1.807) is 30.5 Å². The van der Waals surface area contributed by atoms with Crippen molar-refractivity contribution < 1.29 is 9.53 Å². The van der Waals surface area contributed by atoms with Crippen molar-refractivity contribution in [2.24, 2.45) is 0 Å². The van der Waals surface area contributed by atoms with E-state index >= 15 is 0 Å². The van der Waals surface area contributed by atoms with Crippen LogP contribution >= 0.6 is 0 Å². The molecule has 0 bridgehead atoms. The van der Waals surface area contributed by atoms with Crippen molar-refractivity contribution in [3.05, 3.63) is 48.4 Å². The number of aromatic nitrogens is 2. The number of carbonyl (C=O) groups excluding carboxylic acids is 1. The second-order valence-electron chi connectivity index (χ2n) is 6.01. The highest BCUT2D eigenvalue weighted by molar-refractivity contribution is 5.94. The van der Waals surface area contributed by atoms with Crippen LogP contribution in [0.1, 0.15) is 0 Å². The summed E-state index contributed by atoms with van der Waals surface area (Å²) >= 11 is 0. The molecule has 2 heterocycles. The molecule has 0 aliphatic carbocycles. The molecule has 3 rings (SSSR count). The Hall–Kier alpha value is -3.46. The van der Waals surface area contributed by atoms with Crippen LogP contribution < -0.4 is 20.9 Å². The molecule has 2 aromatic rings. The Balaban J connectivity index is 1.70. The molecule has 0 radical (unpaired) electrons. The van der Waals surface area contributed by atoms with Crippen LogP contribution in [0.25, 0.3) is 11.4 Å². The van der Waals surface area contributed by atoms with Gasteiger partial charge >= 0.3 is 6.03 Å². The SMILES string of the molecule is COCCN/C=C(\C=N)Nc1ccnc(-c2ccc(N3CCNC3=O)cc2)n1. The van der Waals surface area contributed by atoms with Crippen molar-refractivity contribution in [2.75, 3.05) is 43.6 Å². The van der Waals surface area contributed by atoms with Gasteiger partial charge in [-0.2, -0.15) is 0 Å². The number of hydrogen-bond donors (Lipinski definition) is 4. The van der Waals surface area contributed by atoms with Crippen LogP contribution in [-0.2, 0) is 4.74 Å². The van der Waals surface area contributed by atoms with Crippen molar-refractivity contribution in [1.29, 1.82) is 5.41 Å². The Kier molecular flexibility index (Phi) is 6.53. The topological polar surface area (TPSA) is 115 Å². The van der Waals surface area contributed by atoms with Gasteiger partial charge in [-0.1, -0.05) is 0 Å². The monoisotopic (exact) mass is 381 g/mol. The number of hydrogen-bond acceptors (Lipinski definition) is 7. The fourth-order valence-corrected chi connectivity index (χ4v) is 2.68. The third kappa shape index (κ3) is 4.83. The molecule has 9 nitrogen and oxygen atoms in total. The summed E-state index contributed by atoms with van der Waals surface area (Å²) in [5, 5.41) is 16.4. The molecule has 9 heteroatoms. The Morgan fingerprint density at radius 2 is 2.18 bits per heavy atom. The van der Waals surface area contributed by atoms with Gasteiger partial charge in [0.05, 0.1) is 12.3 Å². The molecule has 1 aromatic heterocycles. The van der Waals surface area contributed by atoms with Gasteiger partial charge in [0, 0.05) is 56.6 Å². The largest absolute Gasteiger partial charge is 0.387 e. The molecule has 0 saturated carbocycles. The smallest absolute Gasteiger partial charge is 0.321 e. The molecule has 1 saturated heterocycles. The number of allylic oxidation sites excluding steroid dienone is 1. The molecule has 0 unspecified atom stereocenters. The molecule has 1 aliphatic heterocycles. The van der Waals surface area contributed by atoms with Crippen LogP contribution in [0, 0.1) is 5.41 Å². The lowest BCUT2D eigenvalue weighted by Gasteiger charge is -2.14. The number of benzene rings is 1. The van der Waals surface area contributed by atoms with Gasteiger partial charge in [-0.25, -0.2) is 14.8 Å². The first-order valence-electron chi connectivity index (χ1n) is 8.90. The first-order valence-corrected chi connectivity index (χ1v) is 8.90. The second kappa shape index (κ2) is 9.47. The number of rotatable bonds is 9. The van der Waals surface area contributed by atoms with Gasteiger partial charge in [0.15, 0.2) is 5.82 Å². The first-order chi connectivity index (χ1) is 13.7. The lowest BCUT2D eigenvalue weighted by atomic mass is 10.2. The molecule has 146 valence electrons. The number of nitrogens with zero attached hydrogens (tertiary/aromatic N) is 3. The van der Waals surface area contributed by atoms with Crippen molar-refractivity contribution in [3.63, 3.8) is 0 Å². The van der Waals surface area contributed by atoms with E-state index in [1.807, 2.05) is 24.3 Å². The van der Waals surface area contributed by atoms with Gasteiger partial charge in [-0.05, 0) is 30.3 Å². The van der Waals surface area contributed by atoms with Crippen LogP contribution in [0.5, 0.6) is 0 Å². The van der Waals surface area contributed by atoms with Crippen LogP contribution in [-0.4, -0.2) is 55.6 Å². The Morgan fingerprint density at radius 1 is 1.36 bits per heavy atom. The van der Waals surface area contributed by atoms with E-state index in [4.69, 9.17) is 10.1 Å². The van der Waals surface area contributed by atoms with E-state index in [2.05, 4.69) is 25.9 Å². The first kappa shape index (κ1) is 19.3. The molecule has 0 atom stereocenters. The minimum atomic E-state index is -0.0831. The summed E-state index contributed by atoms with van der Waals surface area (Å²) < 4.78 is 4.97. The Bertz CT molecular complexity index is 852. The summed E-state index contributed by atoms with van der Waals surface area (Å²) in [7, 11) is 1.63. The predicted molar refractivity (Wildman–Crippen MR) is 109 cm³/mol. The number of methoxy groups -OCH3 is 1. The number of nitrogens with one attached hydrogen (secondary N) is 4. The van der Waals surface area contributed by atoms with Crippen molar-refractivity contribution in [2.45, 2.75) is 0 Å². The highest BCUT2D eigenvalue weighted by atomic mass is 16.5. The third-order valence-corrected chi connectivity index (χ3v) is 4.09. The van der Waals surface area contributed by atoms with Crippen LogP contribution in [0.15, 0.2) is 48.4 Å². The van der Waals surface area contributed by atoms with Gasteiger partial charge < -0.3 is 26.1 Å². The number of amides is 2. The molecule has 0 spiro atoms. The van der Waals surface area contributed by atoms with Crippen LogP contribution in [0.3, 0.4) is 0 Å². The molecule has 2 amide bonds. The lowest BCUT2D eigenvalue weighted by Crippen LogP contribution is -2.27. The molecule has 4 N–H and O–H groups in total. The molecule has 1 fully saturated rings. The number of urea groups is 1. The van der Waals surface area contributed by atoms with E-state index in [-0.39, 0.29) is 6.03 Å². The van der Waals surface area contributed by atoms with Crippen LogP contribution in [0.2, 0.25) is 0 Å². The van der Waals surface area contributed by atoms with Crippen LogP contribution in [0.4, 0.5) is 16.3 Å². The molecule has 1 aromatic carbocycles. The van der Waals surface area contributed by atoms with Crippen molar-refractivity contribution in [1.82, 2.24) is 20.6 Å². The Morgan fingerprint density at radius 3 is 2.86 bits per heavy atom. The fraction of sp³-hybridized carbons (Fsp3) is 0.263. The van der Waals surface area contributed by atoms with Crippen molar-refractivity contribution in [3.8, 4) is 11.4 Å². The maximum atomic E-state index is 11.8. The highest BCUT2D eigenvalue weighted by Gasteiger charge is 2.20. The molecular formula is C19H23N7O2. The van der Waals surface area contributed by atoms with Gasteiger partial charge in [0.2, 0.25) is 0 Å². The normalized spacial score (nSPS) is 14.0. The Labute approximate surface area is 163 Å². The van der Waals surface area contributed by atoms with Gasteiger partial charge in [0.1, 0.15) is 5.82 Å². The fourth-order valence-electron chi connectivity index (χ4n) is 2.68. The van der Waals surface area contributed by atoms with E-state index < -0.39 is 0 Å². The zero-order valence-electron chi connectivity index (χ0n) is 15.6. The van der Waals surface area contributed by atoms with E-state index in [0.29, 0.717) is 43.6 Å². The van der Waals surface area contributed by atoms with E-state index in [1.165, 1.54) is 6.21 Å². The summed E-state index contributed by atoms with van der Waals surface area (Å²) in [6, 6.07) is 9.19. The summed E-state index contributed by atoms with van der Waals surface area (Å²) in [4.78, 5) is 22.3. The zero-order valence-corrected chi connectivity index (χ0v) is 15.6. The molecular weight excluding hydrogens is 358 g/mol. The van der Waals surface area contributed by atoms with E-state index in [0.717, 1.165) is 11.3 Å². The summed E-state index contributed by atoms with van der Waals surface area (Å²) in [5.41, 5.74) is 2.24. The molecule has 1 aliphatic rings. The van der Waals surface area contributed by atoms with Gasteiger partial charge in [-0.3, -0.25) is 4.90 Å².